The summed E-state index contributed by atoms with van der Waals surface area (Å²) in [5.74, 6) is 0. The van der Waals surface area contributed by atoms with E-state index in [0.29, 0.717) is 0 Å². The van der Waals surface area contributed by atoms with E-state index in [-0.39, 0.29) is 0 Å². The quantitative estimate of drug-likeness (QED) is 0.560. The van der Waals surface area contributed by atoms with Gasteiger partial charge in [-0.1, -0.05) is 18.2 Å². The van der Waals surface area contributed by atoms with Crippen LogP contribution in [-0.2, 0) is 0 Å². The number of aromatic nitrogens is 2. The molecule has 0 saturated heterocycles. The van der Waals surface area contributed by atoms with Crippen LogP contribution >= 0.6 is 0 Å². The topological polar surface area (TPSA) is 36.7 Å². The van der Waals surface area contributed by atoms with Crippen LogP contribution in [0.25, 0.3) is 27.6 Å². The summed E-state index contributed by atoms with van der Waals surface area (Å²) in [4.78, 5) is 6.84. The van der Waals surface area contributed by atoms with Gasteiger partial charge in [0, 0.05) is 29.2 Å². The number of hydrogen-bond acceptors (Lipinski definition) is 4. The number of benzene rings is 2. The lowest BCUT2D eigenvalue weighted by atomic mass is 10.2. The maximum Gasteiger partial charge on any atom is 0.145 e. The Kier molecular flexibility index (Phi) is 3.38. The average Bonchev–Trinajstić information content (AvgIpc) is 3.31. The Bertz CT molecular complexity index is 1110. The molecule has 0 saturated carbocycles. The number of hydrazone groups is 1. The monoisotopic (exact) mass is 341 g/mol. The van der Waals surface area contributed by atoms with E-state index >= 15 is 0 Å². The van der Waals surface area contributed by atoms with E-state index in [1.165, 1.54) is 5.39 Å². The first-order valence-corrected chi connectivity index (χ1v) is 8.85. The first-order chi connectivity index (χ1) is 12.8. The van der Waals surface area contributed by atoms with E-state index in [1.807, 2.05) is 29.7 Å². The molecule has 3 heterocycles. The van der Waals surface area contributed by atoms with Crippen molar-refractivity contribution in [2.24, 2.45) is 5.10 Å². The predicted octanol–water partition coefficient (Wildman–Crippen LogP) is 4.22. The number of fused-ring (bicyclic) bond motifs is 3. The largest absolute Gasteiger partial charge is 0.342 e. The maximum atomic E-state index is 4.66. The molecule has 0 amide bonds. The van der Waals surface area contributed by atoms with Crippen molar-refractivity contribution >= 4 is 34.0 Å². The van der Waals surface area contributed by atoms with Crippen LogP contribution in [0.5, 0.6) is 0 Å². The third-order valence-electron chi connectivity index (χ3n) is 4.90. The lowest BCUT2D eigenvalue weighted by Crippen LogP contribution is -2.26. The van der Waals surface area contributed by atoms with Crippen molar-refractivity contribution in [1.29, 1.82) is 0 Å². The smallest absolute Gasteiger partial charge is 0.145 e. The summed E-state index contributed by atoms with van der Waals surface area (Å²) in [7, 11) is 0. The van der Waals surface area contributed by atoms with Crippen molar-refractivity contribution in [3.05, 3.63) is 66.9 Å². The minimum atomic E-state index is 0.789. The zero-order chi connectivity index (χ0) is 17.5. The van der Waals surface area contributed by atoms with Crippen LogP contribution in [0, 0.1) is 0 Å². The minimum absolute atomic E-state index is 0.789. The first kappa shape index (κ1) is 15.0. The lowest BCUT2D eigenvalue weighted by molar-refractivity contribution is 0.481. The molecule has 1 aliphatic heterocycles. The maximum absolute atomic E-state index is 4.66. The van der Waals surface area contributed by atoms with Gasteiger partial charge in [-0.15, -0.1) is 0 Å². The van der Waals surface area contributed by atoms with Crippen LogP contribution in [0.15, 0.2) is 72.0 Å². The first-order valence-electron chi connectivity index (χ1n) is 8.85. The van der Waals surface area contributed by atoms with E-state index in [9.17, 15) is 0 Å². The molecule has 4 aromatic rings. The second kappa shape index (κ2) is 5.88. The second-order valence-electron chi connectivity index (χ2n) is 6.42. The third kappa shape index (κ3) is 2.24. The molecule has 0 fully saturated rings. The van der Waals surface area contributed by atoms with Crippen LogP contribution < -0.4 is 5.01 Å². The molecule has 26 heavy (non-hydrogen) atoms. The molecule has 2 aromatic carbocycles. The van der Waals surface area contributed by atoms with Gasteiger partial charge >= 0.3 is 0 Å². The number of hydrogen-bond donors (Lipinski definition) is 0. The molecule has 0 atom stereocenters. The van der Waals surface area contributed by atoms with Gasteiger partial charge in [0.2, 0.25) is 0 Å². The lowest BCUT2D eigenvalue weighted by Gasteiger charge is -2.17. The molecule has 1 aliphatic rings. The van der Waals surface area contributed by atoms with Gasteiger partial charge in [0.05, 0.1) is 11.2 Å². The van der Waals surface area contributed by atoms with Gasteiger partial charge in [-0.3, -0.25) is 4.57 Å². The van der Waals surface area contributed by atoms with Crippen molar-refractivity contribution in [3.8, 4) is 5.69 Å². The SMILES string of the molecule is CCN1C=NN(c2ccc3c(c2)c2cccnc2n3-c2ccccc2)C1. The molecular weight excluding hydrogens is 322 g/mol. The fraction of sp³-hybridized carbons (Fsp3) is 0.143. The normalized spacial score (nSPS) is 14.0. The summed E-state index contributed by atoms with van der Waals surface area (Å²) in [6.45, 7) is 3.88. The predicted molar refractivity (Wildman–Crippen MR) is 107 cm³/mol. The molecule has 0 aliphatic carbocycles. The summed E-state index contributed by atoms with van der Waals surface area (Å²) < 4.78 is 2.22. The van der Waals surface area contributed by atoms with E-state index in [4.69, 9.17) is 0 Å². The van der Waals surface area contributed by atoms with Crippen LogP contribution in [0.2, 0.25) is 0 Å². The molecule has 0 spiro atoms. The molecular formula is C21H19N5. The van der Waals surface area contributed by atoms with Crippen molar-refractivity contribution in [2.45, 2.75) is 6.92 Å². The number of anilines is 1. The Labute approximate surface area is 151 Å². The van der Waals surface area contributed by atoms with Crippen LogP contribution in [-0.4, -0.2) is 34.0 Å². The van der Waals surface area contributed by atoms with E-state index in [0.717, 1.165) is 41.1 Å². The number of nitrogens with zero attached hydrogens (tertiary/aromatic N) is 5. The molecule has 0 radical (unpaired) electrons. The fourth-order valence-electron chi connectivity index (χ4n) is 3.54. The number of para-hydroxylation sites is 1. The van der Waals surface area contributed by atoms with Gasteiger partial charge in [0.25, 0.3) is 0 Å². The molecule has 128 valence electrons. The minimum Gasteiger partial charge on any atom is -0.342 e. The van der Waals surface area contributed by atoms with Gasteiger partial charge in [0.1, 0.15) is 18.7 Å². The fourth-order valence-corrected chi connectivity index (χ4v) is 3.54. The Balaban J connectivity index is 1.73. The summed E-state index contributed by atoms with van der Waals surface area (Å²) in [6.07, 6.45) is 3.75. The summed E-state index contributed by atoms with van der Waals surface area (Å²) in [6, 6.07) is 21.0. The van der Waals surface area contributed by atoms with Gasteiger partial charge < -0.3 is 4.90 Å². The molecule has 5 rings (SSSR count). The Morgan fingerprint density at radius 3 is 2.62 bits per heavy atom. The number of pyridine rings is 1. The van der Waals surface area contributed by atoms with Crippen molar-refractivity contribution in [3.63, 3.8) is 0 Å². The highest BCUT2D eigenvalue weighted by molar-refractivity contribution is 6.09. The molecule has 2 aromatic heterocycles. The molecule has 0 N–H and O–H groups in total. The molecule has 5 nitrogen and oxygen atoms in total. The second-order valence-corrected chi connectivity index (χ2v) is 6.42. The summed E-state index contributed by atoms with van der Waals surface area (Å²) in [5, 5.41) is 8.90. The highest BCUT2D eigenvalue weighted by Gasteiger charge is 2.17. The zero-order valence-corrected chi connectivity index (χ0v) is 14.6. The van der Waals surface area contributed by atoms with Crippen molar-refractivity contribution in [2.75, 3.05) is 18.2 Å². The Morgan fingerprint density at radius 2 is 1.81 bits per heavy atom. The van der Waals surface area contributed by atoms with Crippen LogP contribution in [0.4, 0.5) is 5.69 Å². The third-order valence-corrected chi connectivity index (χ3v) is 4.90. The van der Waals surface area contributed by atoms with E-state index in [1.54, 1.807) is 0 Å². The van der Waals surface area contributed by atoms with Crippen molar-refractivity contribution < 1.29 is 0 Å². The molecule has 0 bridgehead atoms. The summed E-state index contributed by atoms with van der Waals surface area (Å²) in [5.41, 5.74) is 4.35. The van der Waals surface area contributed by atoms with Crippen LogP contribution in [0.3, 0.4) is 0 Å². The standard InChI is InChI=1S/C21H19N5/c1-2-24-14-23-25(15-24)17-10-11-20-19(13-17)18-9-6-12-22-21(18)26(20)16-7-4-3-5-8-16/h3-14H,2,15H2,1H3. The zero-order valence-electron chi connectivity index (χ0n) is 14.6. The Morgan fingerprint density at radius 1 is 0.923 bits per heavy atom. The average molecular weight is 341 g/mol. The van der Waals surface area contributed by atoms with Crippen molar-refractivity contribution in [1.82, 2.24) is 14.5 Å². The Hall–Kier alpha value is -3.34. The molecule has 0 unspecified atom stereocenters. The van der Waals surface area contributed by atoms with E-state index < -0.39 is 0 Å². The van der Waals surface area contributed by atoms with E-state index in [2.05, 4.69) is 75.0 Å². The molecule has 5 heteroatoms. The van der Waals surface area contributed by atoms with Gasteiger partial charge in [-0.2, -0.15) is 5.10 Å². The van der Waals surface area contributed by atoms with Gasteiger partial charge in [-0.25, -0.2) is 9.99 Å². The summed E-state index contributed by atoms with van der Waals surface area (Å²) >= 11 is 0. The number of rotatable bonds is 3. The van der Waals surface area contributed by atoms with Crippen LogP contribution in [0.1, 0.15) is 6.92 Å². The highest BCUT2D eigenvalue weighted by Crippen LogP contribution is 2.33. The van der Waals surface area contributed by atoms with Gasteiger partial charge in [0.15, 0.2) is 0 Å². The highest BCUT2D eigenvalue weighted by atomic mass is 15.6. The van der Waals surface area contributed by atoms with Gasteiger partial charge in [-0.05, 0) is 49.4 Å².